The van der Waals surface area contributed by atoms with Gasteiger partial charge in [0.2, 0.25) is 6.33 Å². The lowest BCUT2D eigenvalue weighted by Gasteiger charge is -2.02. The Kier molecular flexibility index (Phi) is 2.74. The summed E-state index contributed by atoms with van der Waals surface area (Å²) < 4.78 is 0. The van der Waals surface area contributed by atoms with Gasteiger partial charge in [0.15, 0.2) is 17.5 Å². The van der Waals surface area contributed by atoms with Crippen molar-refractivity contribution in [3.8, 4) is 11.3 Å². The molecule has 0 aliphatic rings. The van der Waals surface area contributed by atoms with Crippen LogP contribution in [-0.4, -0.2) is 22.0 Å². The lowest BCUT2D eigenvalue weighted by molar-refractivity contribution is -0.352. The Labute approximate surface area is 104 Å². The van der Waals surface area contributed by atoms with Crippen LogP contribution >= 0.6 is 0 Å². The fourth-order valence-electron chi connectivity index (χ4n) is 2.06. The Hall–Kier alpha value is -2.27. The molecule has 2 aromatic heterocycles. The van der Waals surface area contributed by atoms with E-state index in [0.717, 1.165) is 29.0 Å². The van der Waals surface area contributed by atoms with Crippen molar-refractivity contribution < 1.29 is 4.98 Å². The van der Waals surface area contributed by atoms with Crippen LogP contribution in [0.1, 0.15) is 5.56 Å². The third-order valence-electron chi connectivity index (χ3n) is 2.85. The number of fused-ring (bicyclic) bond motifs is 1. The van der Waals surface area contributed by atoms with Crippen LogP contribution in [0.4, 0.5) is 0 Å². The number of hydrogen-bond donors (Lipinski definition) is 2. The number of hydrogen-bond acceptors (Lipinski definition) is 3. The van der Waals surface area contributed by atoms with Crippen molar-refractivity contribution in [1.29, 1.82) is 0 Å². The molecule has 0 saturated carbocycles. The SMILES string of the molecule is CNCc1cccc(-c2nc[nH+]c3nc[nH]c23)c1. The smallest absolute Gasteiger partial charge is 0.289 e. The summed E-state index contributed by atoms with van der Waals surface area (Å²) in [7, 11) is 1.94. The summed E-state index contributed by atoms with van der Waals surface area (Å²) in [6, 6.07) is 8.34. The minimum Gasteiger partial charge on any atom is -0.324 e. The molecule has 2 heterocycles. The fourth-order valence-corrected chi connectivity index (χ4v) is 2.06. The van der Waals surface area contributed by atoms with Gasteiger partial charge in [0.25, 0.3) is 5.65 Å². The van der Waals surface area contributed by atoms with E-state index in [-0.39, 0.29) is 0 Å². The molecule has 3 N–H and O–H groups in total. The van der Waals surface area contributed by atoms with Crippen LogP contribution in [0.25, 0.3) is 22.4 Å². The lowest BCUT2D eigenvalue weighted by Crippen LogP contribution is -2.06. The summed E-state index contributed by atoms with van der Waals surface area (Å²) in [5.74, 6) is 0. The topological polar surface area (TPSA) is 67.7 Å². The van der Waals surface area contributed by atoms with Crippen LogP contribution in [-0.2, 0) is 6.54 Å². The van der Waals surface area contributed by atoms with Crippen molar-refractivity contribution in [1.82, 2.24) is 20.3 Å². The number of imidazole rings is 1. The summed E-state index contributed by atoms with van der Waals surface area (Å²) in [5.41, 5.74) is 4.99. The maximum absolute atomic E-state index is 4.40. The number of rotatable bonds is 3. The summed E-state index contributed by atoms with van der Waals surface area (Å²) >= 11 is 0. The van der Waals surface area contributed by atoms with Crippen LogP contribution in [0.5, 0.6) is 0 Å². The second kappa shape index (κ2) is 4.54. The predicted octanol–water partition coefficient (Wildman–Crippen LogP) is 1.16. The van der Waals surface area contributed by atoms with E-state index in [1.165, 1.54) is 5.56 Å². The molecule has 0 unspecified atom stereocenters. The van der Waals surface area contributed by atoms with Crippen molar-refractivity contribution in [2.75, 3.05) is 7.05 Å². The molecule has 0 fully saturated rings. The first kappa shape index (κ1) is 10.9. The Morgan fingerprint density at radius 3 is 3.17 bits per heavy atom. The zero-order chi connectivity index (χ0) is 12.4. The highest BCUT2D eigenvalue weighted by atomic mass is 15.0. The zero-order valence-electron chi connectivity index (χ0n) is 10.1. The number of benzene rings is 1. The second-order valence-electron chi connectivity index (χ2n) is 4.11. The number of nitrogens with zero attached hydrogens (tertiary/aromatic N) is 2. The van der Waals surface area contributed by atoms with Gasteiger partial charge in [-0.05, 0) is 18.7 Å². The normalized spacial score (nSPS) is 10.9. The Morgan fingerprint density at radius 1 is 1.33 bits per heavy atom. The van der Waals surface area contributed by atoms with Crippen LogP contribution in [0.2, 0.25) is 0 Å². The van der Waals surface area contributed by atoms with E-state index in [4.69, 9.17) is 0 Å². The van der Waals surface area contributed by atoms with Gasteiger partial charge in [0.1, 0.15) is 0 Å². The van der Waals surface area contributed by atoms with Crippen LogP contribution in [0.15, 0.2) is 36.9 Å². The maximum atomic E-state index is 4.40. The van der Waals surface area contributed by atoms with Crippen LogP contribution < -0.4 is 10.3 Å². The molecule has 1 aromatic carbocycles. The average molecular weight is 240 g/mol. The van der Waals surface area contributed by atoms with E-state index in [0.29, 0.717) is 0 Å². The molecule has 90 valence electrons. The Morgan fingerprint density at radius 2 is 2.28 bits per heavy atom. The minimum absolute atomic E-state index is 0.819. The first-order valence-corrected chi connectivity index (χ1v) is 5.82. The molecule has 3 aromatic rings. The second-order valence-corrected chi connectivity index (χ2v) is 4.11. The molecule has 5 heteroatoms. The van der Waals surface area contributed by atoms with Gasteiger partial charge in [-0.1, -0.05) is 23.2 Å². The van der Waals surface area contributed by atoms with Crippen molar-refractivity contribution in [3.63, 3.8) is 0 Å². The molecule has 0 aliphatic carbocycles. The summed E-state index contributed by atoms with van der Waals surface area (Å²) in [5, 5.41) is 3.15. The van der Waals surface area contributed by atoms with E-state index in [1.54, 1.807) is 12.7 Å². The monoisotopic (exact) mass is 240 g/mol. The van der Waals surface area contributed by atoms with Gasteiger partial charge >= 0.3 is 0 Å². The third kappa shape index (κ3) is 1.84. The van der Waals surface area contributed by atoms with Crippen molar-refractivity contribution in [3.05, 3.63) is 42.5 Å². The molecule has 0 saturated heterocycles. The summed E-state index contributed by atoms with van der Waals surface area (Å²) in [6.07, 6.45) is 3.34. The molecule has 3 rings (SSSR count). The van der Waals surface area contributed by atoms with Gasteiger partial charge in [-0.15, -0.1) is 4.98 Å². The van der Waals surface area contributed by atoms with Gasteiger partial charge < -0.3 is 10.3 Å². The first-order chi connectivity index (χ1) is 8.88. The van der Waals surface area contributed by atoms with E-state index >= 15 is 0 Å². The highest BCUT2D eigenvalue weighted by Crippen LogP contribution is 2.22. The van der Waals surface area contributed by atoms with Gasteiger partial charge in [0, 0.05) is 12.1 Å². The molecule has 0 radical (unpaired) electrons. The molecule has 0 aliphatic heterocycles. The highest BCUT2D eigenvalue weighted by Gasteiger charge is 2.13. The molecule has 0 atom stereocenters. The Balaban J connectivity index is 2.13. The van der Waals surface area contributed by atoms with Crippen molar-refractivity contribution in [2.24, 2.45) is 0 Å². The molecular weight excluding hydrogens is 226 g/mol. The van der Waals surface area contributed by atoms with Gasteiger partial charge in [0.05, 0.1) is 0 Å². The number of H-pyrrole nitrogens is 2. The van der Waals surface area contributed by atoms with E-state index in [2.05, 4.69) is 43.5 Å². The Bertz CT molecular complexity index is 674. The first-order valence-electron chi connectivity index (χ1n) is 5.82. The summed E-state index contributed by atoms with van der Waals surface area (Å²) in [6.45, 7) is 0.846. The summed E-state index contributed by atoms with van der Waals surface area (Å²) in [4.78, 5) is 14.7. The average Bonchev–Trinajstić information content (AvgIpc) is 2.87. The van der Waals surface area contributed by atoms with Crippen LogP contribution in [0, 0.1) is 0 Å². The maximum Gasteiger partial charge on any atom is 0.289 e. The molecule has 18 heavy (non-hydrogen) atoms. The van der Waals surface area contributed by atoms with Gasteiger partial charge in [-0.25, -0.2) is 4.98 Å². The highest BCUT2D eigenvalue weighted by molar-refractivity contribution is 5.84. The van der Waals surface area contributed by atoms with Crippen molar-refractivity contribution in [2.45, 2.75) is 6.54 Å². The molecule has 0 amide bonds. The van der Waals surface area contributed by atoms with Gasteiger partial charge in [-0.2, -0.15) is 0 Å². The van der Waals surface area contributed by atoms with Gasteiger partial charge in [-0.3, -0.25) is 0 Å². The van der Waals surface area contributed by atoms with Crippen molar-refractivity contribution >= 4 is 11.2 Å². The quantitative estimate of drug-likeness (QED) is 0.722. The van der Waals surface area contributed by atoms with E-state index in [1.807, 2.05) is 13.1 Å². The fraction of sp³-hybridized carbons (Fsp3) is 0.154. The standard InChI is InChI=1S/C13H13N5/c1-14-6-9-3-2-4-10(5-9)11-12-13(17-7-15-11)18-8-16-12/h2-5,7-8,14H,6H2,1H3,(H,15,16,17,18)/p+1. The molecular formula is C13H14N5+. The number of nitrogens with one attached hydrogen (secondary N) is 3. The molecule has 5 nitrogen and oxygen atoms in total. The van der Waals surface area contributed by atoms with E-state index < -0.39 is 0 Å². The van der Waals surface area contributed by atoms with E-state index in [9.17, 15) is 0 Å². The van der Waals surface area contributed by atoms with Crippen LogP contribution in [0.3, 0.4) is 0 Å². The lowest BCUT2D eigenvalue weighted by atomic mass is 10.1. The predicted molar refractivity (Wildman–Crippen MR) is 68.6 cm³/mol. The molecule has 0 bridgehead atoms. The zero-order valence-corrected chi connectivity index (χ0v) is 10.1. The molecule has 0 spiro atoms. The number of aromatic nitrogens is 4. The third-order valence-corrected chi connectivity index (χ3v) is 2.85. The largest absolute Gasteiger partial charge is 0.324 e. The minimum atomic E-state index is 0.819. The number of aromatic amines is 2.